The van der Waals surface area contributed by atoms with E-state index in [0.29, 0.717) is 30.4 Å². The van der Waals surface area contributed by atoms with Gasteiger partial charge in [0.15, 0.2) is 0 Å². The third-order valence-corrected chi connectivity index (χ3v) is 5.54. The summed E-state index contributed by atoms with van der Waals surface area (Å²) in [7, 11) is 0. The highest BCUT2D eigenvalue weighted by atomic mass is 16.5. The molecule has 1 saturated carbocycles. The van der Waals surface area contributed by atoms with Gasteiger partial charge in [0.05, 0.1) is 6.61 Å². The minimum atomic E-state index is -0.144. The molecule has 1 unspecified atom stereocenters. The molecule has 1 heterocycles. The first-order valence-corrected chi connectivity index (χ1v) is 10.9. The predicted molar refractivity (Wildman–Crippen MR) is 122 cm³/mol. The Labute approximate surface area is 182 Å². The van der Waals surface area contributed by atoms with Gasteiger partial charge in [-0.2, -0.15) is 0 Å². The Balaban J connectivity index is 1.33. The average molecular weight is 420 g/mol. The normalized spacial score (nSPS) is 14.4. The summed E-state index contributed by atoms with van der Waals surface area (Å²) in [5.74, 6) is 1.68. The second kappa shape index (κ2) is 9.79. The molecular formula is C25H29N3O3. The number of amides is 1. The van der Waals surface area contributed by atoms with Gasteiger partial charge in [0.25, 0.3) is 5.91 Å². The van der Waals surface area contributed by atoms with Gasteiger partial charge in [0.1, 0.15) is 12.0 Å². The zero-order valence-corrected chi connectivity index (χ0v) is 17.8. The van der Waals surface area contributed by atoms with Gasteiger partial charge in [0.2, 0.25) is 0 Å². The first-order valence-electron chi connectivity index (χ1n) is 10.9. The summed E-state index contributed by atoms with van der Waals surface area (Å²) >= 11 is 0. The van der Waals surface area contributed by atoms with Crippen LogP contribution in [0.4, 0.5) is 5.69 Å². The van der Waals surface area contributed by atoms with Crippen molar-refractivity contribution in [2.75, 3.05) is 18.5 Å². The number of hydrogen-bond donors (Lipinski definition) is 3. The summed E-state index contributed by atoms with van der Waals surface area (Å²) < 4.78 is 5.73. The Kier molecular flexibility index (Phi) is 6.67. The molecule has 6 heteroatoms. The summed E-state index contributed by atoms with van der Waals surface area (Å²) in [5.41, 5.74) is 3.44. The number of nitrogens with one attached hydrogen (secondary N) is 3. The molecule has 31 heavy (non-hydrogen) atoms. The summed E-state index contributed by atoms with van der Waals surface area (Å²) in [6, 6.07) is 15.2. The van der Waals surface area contributed by atoms with Crippen molar-refractivity contribution in [3.63, 3.8) is 0 Å². The number of benzene rings is 2. The lowest BCUT2D eigenvalue weighted by Gasteiger charge is -2.08. The Bertz CT molecular complexity index is 1040. The van der Waals surface area contributed by atoms with Crippen molar-refractivity contribution in [3.8, 4) is 5.75 Å². The zero-order valence-electron chi connectivity index (χ0n) is 17.8. The first-order chi connectivity index (χ1) is 15.1. The van der Waals surface area contributed by atoms with Crippen LogP contribution in [0.2, 0.25) is 0 Å². The lowest BCUT2D eigenvalue weighted by atomic mass is 10.1. The van der Waals surface area contributed by atoms with E-state index in [1.54, 1.807) is 12.1 Å². The Hall–Kier alpha value is -3.12. The largest absolute Gasteiger partial charge is 0.493 e. The van der Waals surface area contributed by atoms with Crippen molar-refractivity contribution in [1.29, 1.82) is 0 Å². The van der Waals surface area contributed by atoms with E-state index in [2.05, 4.69) is 28.6 Å². The minimum absolute atomic E-state index is 0.144. The molecule has 4 rings (SSSR count). The van der Waals surface area contributed by atoms with Gasteiger partial charge in [-0.25, -0.2) is 0 Å². The molecule has 162 valence electrons. The van der Waals surface area contributed by atoms with Crippen molar-refractivity contribution in [2.24, 2.45) is 11.8 Å². The molecule has 1 aliphatic carbocycles. The molecule has 0 bridgehead atoms. The van der Waals surface area contributed by atoms with Gasteiger partial charge >= 0.3 is 0 Å². The number of ether oxygens (including phenoxy) is 1. The van der Waals surface area contributed by atoms with E-state index in [0.717, 1.165) is 47.5 Å². The predicted octanol–water partition coefficient (Wildman–Crippen LogP) is 4.52. The topological polar surface area (TPSA) is 83.2 Å². The molecular weight excluding hydrogens is 390 g/mol. The monoisotopic (exact) mass is 419 g/mol. The molecule has 1 amide bonds. The van der Waals surface area contributed by atoms with Crippen LogP contribution >= 0.6 is 0 Å². The maximum Gasteiger partial charge on any atom is 0.255 e. The molecule has 1 atom stereocenters. The second-order valence-corrected chi connectivity index (χ2v) is 8.47. The van der Waals surface area contributed by atoms with Crippen LogP contribution in [0, 0.1) is 11.8 Å². The molecule has 2 aromatic carbocycles. The molecule has 0 radical (unpaired) electrons. The van der Waals surface area contributed by atoms with Crippen LogP contribution in [0.25, 0.3) is 10.9 Å². The Morgan fingerprint density at radius 1 is 1.19 bits per heavy atom. The average Bonchev–Trinajstić information content (AvgIpc) is 3.51. The van der Waals surface area contributed by atoms with Crippen LogP contribution in [0.5, 0.6) is 5.75 Å². The van der Waals surface area contributed by atoms with E-state index in [1.807, 2.05) is 30.3 Å². The van der Waals surface area contributed by atoms with Gasteiger partial charge < -0.3 is 25.1 Å². The summed E-state index contributed by atoms with van der Waals surface area (Å²) in [4.78, 5) is 26.6. The van der Waals surface area contributed by atoms with E-state index in [4.69, 9.17) is 4.74 Å². The van der Waals surface area contributed by atoms with Gasteiger partial charge in [-0.05, 0) is 79.8 Å². The minimum Gasteiger partial charge on any atom is -0.493 e. The number of carbonyl (C=O) groups is 2. The van der Waals surface area contributed by atoms with Crippen molar-refractivity contribution in [3.05, 3.63) is 59.8 Å². The van der Waals surface area contributed by atoms with Crippen molar-refractivity contribution in [1.82, 2.24) is 10.3 Å². The van der Waals surface area contributed by atoms with Crippen molar-refractivity contribution in [2.45, 2.75) is 32.7 Å². The standard InChI is InChI=1S/C25H29N3O3/c1-17(10-11-29)14-26-15-22-13-20-12-21(6-9-24(20)27-22)28-25(30)19-4-7-23(8-5-19)31-16-18-2-3-18/h4-9,11-13,17-18,26-27H,2-3,10,14-16H2,1H3,(H,28,30). The molecule has 6 nitrogen and oxygen atoms in total. The SMILES string of the molecule is CC(CC=O)CNCc1cc2cc(NC(=O)c3ccc(OCC4CC4)cc3)ccc2[nH]1. The second-order valence-electron chi connectivity index (χ2n) is 8.47. The van der Waals surface area contributed by atoms with Crippen molar-refractivity contribution < 1.29 is 14.3 Å². The number of H-pyrrole nitrogens is 1. The van der Waals surface area contributed by atoms with Gasteiger partial charge in [-0.15, -0.1) is 0 Å². The first kappa shape index (κ1) is 21.1. The number of aromatic nitrogens is 1. The number of anilines is 1. The molecule has 0 spiro atoms. The molecule has 0 aliphatic heterocycles. The molecule has 1 aromatic heterocycles. The van der Waals surface area contributed by atoms with E-state index in [1.165, 1.54) is 12.8 Å². The Morgan fingerprint density at radius 3 is 2.74 bits per heavy atom. The van der Waals surface area contributed by atoms with Crippen LogP contribution in [-0.4, -0.2) is 30.3 Å². The van der Waals surface area contributed by atoms with Gasteiger partial charge in [-0.3, -0.25) is 4.79 Å². The molecule has 0 saturated heterocycles. The number of carbonyl (C=O) groups excluding carboxylic acids is 2. The van der Waals surface area contributed by atoms with E-state index < -0.39 is 0 Å². The van der Waals surface area contributed by atoms with E-state index in [-0.39, 0.29) is 5.91 Å². The fourth-order valence-corrected chi connectivity index (χ4v) is 3.47. The third kappa shape index (κ3) is 5.95. The fraction of sp³-hybridized carbons (Fsp3) is 0.360. The fourth-order valence-electron chi connectivity index (χ4n) is 3.47. The van der Waals surface area contributed by atoms with E-state index in [9.17, 15) is 9.59 Å². The highest BCUT2D eigenvalue weighted by Crippen LogP contribution is 2.29. The van der Waals surface area contributed by atoms with Gasteiger partial charge in [0, 0.05) is 40.8 Å². The molecule has 1 fully saturated rings. The van der Waals surface area contributed by atoms with Crippen LogP contribution in [0.1, 0.15) is 42.2 Å². The number of aromatic amines is 1. The van der Waals surface area contributed by atoms with Crippen LogP contribution in [0.3, 0.4) is 0 Å². The summed E-state index contributed by atoms with van der Waals surface area (Å²) in [5, 5.41) is 7.38. The number of aldehydes is 1. The molecule has 3 aromatic rings. The maximum atomic E-state index is 12.6. The zero-order chi connectivity index (χ0) is 21.6. The quantitative estimate of drug-likeness (QED) is 0.399. The van der Waals surface area contributed by atoms with Crippen molar-refractivity contribution >= 4 is 28.8 Å². The lowest BCUT2D eigenvalue weighted by molar-refractivity contribution is -0.108. The molecule has 3 N–H and O–H groups in total. The smallest absolute Gasteiger partial charge is 0.255 e. The maximum absolute atomic E-state index is 12.6. The van der Waals surface area contributed by atoms with Crippen LogP contribution < -0.4 is 15.4 Å². The highest BCUT2D eigenvalue weighted by Gasteiger charge is 2.21. The molecule has 1 aliphatic rings. The number of hydrogen-bond acceptors (Lipinski definition) is 4. The van der Waals surface area contributed by atoms with Crippen LogP contribution in [-0.2, 0) is 11.3 Å². The van der Waals surface area contributed by atoms with Crippen LogP contribution in [0.15, 0.2) is 48.5 Å². The Morgan fingerprint density at radius 2 is 2.00 bits per heavy atom. The lowest BCUT2D eigenvalue weighted by Crippen LogP contribution is -2.21. The third-order valence-electron chi connectivity index (χ3n) is 5.54. The van der Waals surface area contributed by atoms with E-state index >= 15 is 0 Å². The summed E-state index contributed by atoms with van der Waals surface area (Å²) in [6.07, 6.45) is 4.04. The summed E-state index contributed by atoms with van der Waals surface area (Å²) in [6.45, 7) is 4.31. The number of fused-ring (bicyclic) bond motifs is 1. The number of rotatable bonds is 11. The highest BCUT2D eigenvalue weighted by molar-refractivity contribution is 6.05. The van der Waals surface area contributed by atoms with Gasteiger partial charge in [-0.1, -0.05) is 6.92 Å².